The molecule has 1 heterocycles. The third-order valence-electron chi connectivity index (χ3n) is 6.22. The Kier molecular flexibility index (Phi) is 7.81. The van der Waals surface area contributed by atoms with Gasteiger partial charge in [-0.05, 0) is 72.3 Å². The van der Waals surface area contributed by atoms with E-state index in [4.69, 9.17) is 11.6 Å². The minimum Gasteiger partial charge on any atom is -0.367 e. The lowest BCUT2D eigenvalue weighted by Crippen LogP contribution is -2.33. The fourth-order valence-corrected chi connectivity index (χ4v) is 4.70. The number of rotatable bonds is 10. The van der Waals surface area contributed by atoms with Crippen LogP contribution in [-0.2, 0) is 24.3 Å². The summed E-state index contributed by atoms with van der Waals surface area (Å²) in [5.41, 5.74) is 4.92. The molecule has 0 radical (unpaired) electrons. The SMILES string of the molecule is O=CNCc1cccc(CN(C[C@H]2CNC[C@@H]2Cc2ccccc2)c2ccc(Cl)cc2)c1. The van der Waals surface area contributed by atoms with Gasteiger partial charge < -0.3 is 15.5 Å². The number of halogens is 1. The quantitative estimate of drug-likeness (QED) is 0.444. The molecule has 0 spiro atoms. The number of anilines is 1. The maximum Gasteiger partial charge on any atom is 0.207 e. The lowest BCUT2D eigenvalue weighted by molar-refractivity contribution is -0.109. The average molecular weight is 448 g/mol. The van der Waals surface area contributed by atoms with Gasteiger partial charge in [-0.1, -0.05) is 66.2 Å². The zero-order valence-corrected chi connectivity index (χ0v) is 19.0. The van der Waals surface area contributed by atoms with Crippen molar-refractivity contribution in [2.45, 2.75) is 19.5 Å². The van der Waals surface area contributed by atoms with Crippen LogP contribution in [0.15, 0.2) is 78.9 Å². The highest BCUT2D eigenvalue weighted by molar-refractivity contribution is 6.30. The minimum atomic E-state index is 0.546. The molecule has 166 valence electrons. The van der Waals surface area contributed by atoms with E-state index >= 15 is 0 Å². The summed E-state index contributed by atoms with van der Waals surface area (Å²) in [5.74, 6) is 1.17. The van der Waals surface area contributed by atoms with E-state index < -0.39 is 0 Å². The lowest BCUT2D eigenvalue weighted by atomic mass is 9.89. The van der Waals surface area contributed by atoms with Crippen LogP contribution in [0, 0.1) is 11.8 Å². The van der Waals surface area contributed by atoms with Gasteiger partial charge in [0.05, 0.1) is 0 Å². The molecule has 0 unspecified atom stereocenters. The topological polar surface area (TPSA) is 44.4 Å². The number of amides is 1. The number of hydrogen-bond donors (Lipinski definition) is 2. The summed E-state index contributed by atoms with van der Waals surface area (Å²) >= 11 is 6.17. The van der Waals surface area contributed by atoms with Gasteiger partial charge in [0.1, 0.15) is 0 Å². The van der Waals surface area contributed by atoms with Gasteiger partial charge >= 0.3 is 0 Å². The number of nitrogens with one attached hydrogen (secondary N) is 2. The van der Waals surface area contributed by atoms with Crippen LogP contribution < -0.4 is 15.5 Å². The van der Waals surface area contributed by atoms with E-state index in [0.717, 1.165) is 49.6 Å². The summed E-state index contributed by atoms with van der Waals surface area (Å²) in [6, 6.07) is 27.4. The van der Waals surface area contributed by atoms with Crippen LogP contribution >= 0.6 is 11.6 Å². The summed E-state index contributed by atoms with van der Waals surface area (Å²) in [7, 11) is 0. The molecule has 1 aliphatic heterocycles. The van der Waals surface area contributed by atoms with Gasteiger partial charge in [-0.2, -0.15) is 0 Å². The molecule has 4 nitrogen and oxygen atoms in total. The van der Waals surface area contributed by atoms with Gasteiger partial charge in [-0.25, -0.2) is 0 Å². The molecule has 1 amide bonds. The van der Waals surface area contributed by atoms with Gasteiger partial charge in [0.15, 0.2) is 0 Å². The Labute approximate surface area is 195 Å². The fraction of sp³-hybridized carbons (Fsp3) is 0.296. The minimum absolute atomic E-state index is 0.546. The Balaban J connectivity index is 1.52. The molecule has 3 aromatic carbocycles. The normalized spacial score (nSPS) is 17.8. The van der Waals surface area contributed by atoms with Crippen molar-refractivity contribution in [1.82, 2.24) is 10.6 Å². The first kappa shape index (κ1) is 22.4. The van der Waals surface area contributed by atoms with Crippen molar-refractivity contribution >= 4 is 23.7 Å². The smallest absolute Gasteiger partial charge is 0.207 e. The van der Waals surface area contributed by atoms with E-state index in [2.05, 4.69) is 76.2 Å². The molecule has 0 saturated carbocycles. The Bertz CT molecular complexity index is 993. The van der Waals surface area contributed by atoms with Crippen LogP contribution in [0.2, 0.25) is 5.02 Å². The Morgan fingerprint density at radius 1 is 0.906 bits per heavy atom. The third-order valence-corrected chi connectivity index (χ3v) is 6.47. The van der Waals surface area contributed by atoms with Crippen molar-refractivity contribution in [1.29, 1.82) is 0 Å². The molecule has 2 atom stereocenters. The average Bonchev–Trinajstić information content (AvgIpc) is 3.25. The molecule has 32 heavy (non-hydrogen) atoms. The zero-order valence-electron chi connectivity index (χ0n) is 18.2. The van der Waals surface area contributed by atoms with E-state index in [1.54, 1.807) is 0 Å². The molecule has 4 rings (SSSR count). The maximum absolute atomic E-state index is 10.7. The Hall–Kier alpha value is -2.82. The van der Waals surface area contributed by atoms with Gasteiger partial charge in [0, 0.05) is 30.3 Å². The monoisotopic (exact) mass is 447 g/mol. The van der Waals surface area contributed by atoms with Crippen molar-refractivity contribution in [2.24, 2.45) is 11.8 Å². The summed E-state index contributed by atoms with van der Waals surface area (Å²) < 4.78 is 0. The number of carbonyl (C=O) groups excluding carboxylic acids is 1. The highest BCUT2D eigenvalue weighted by Gasteiger charge is 2.29. The van der Waals surface area contributed by atoms with E-state index in [1.807, 2.05) is 18.2 Å². The van der Waals surface area contributed by atoms with E-state index in [9.17, 15) is 4.79 Å². The predicted molar refractivity (Wildman–Crippen MR) is 132 cm³/mol. The maximum atomic E-state index is 10.7. The van der Waals surface area contributed by atoms with Crippen molar-refractivity contribution in [3.63, 3.8) is 0 Å². The molecular formula is C27H30ClN3O. The molecule has 1 aliphatic rings. The number of carbonyl (C=O) groups is 1. The van der Waals surface area contributed by atoms with Crippen LogP contribution in [0.4, 0.5) is 5.69 Å². The molecule has 1 saturated heterocycles. The van der Waals surface area contributed by atoms with Crippen molar-refractivity contribution in [3.8, 4) is 0 Å². The second kappa shape index (κ2) is 11.2. The molecule has 0 aliphatic carbocycles. The van der Waals surface area contributed by atoms with E-state index in [1.165, 1.54) is 16.8 Å². The van der Waals surface area contributed by atoms with Crippen LogP contribution in [-0.4, -0.2) is 26.0 Å². The molecule has 0 bridgehead atoms. The first-order valence-electron chi connectivity index (χ1n) is 11.2. The predicted octanol–water partition coefficient (Wildman–Crippen LogP) is 4.67. The standard InChI is InChI=1S/C27H30ClN3O/c28-26-9-11-27(12-10-26)31(18-23-8-4-7-22(13-23)15-30-20-32)19-25-17-29-16-24(25)14-21-5-2-1-3-6-21/h1-13,20,24-25,29H,14-19H2,(H,30,32)/t24-,25+/m0/s1. The second-order valence-corrected chi connectivity index (χ2v) is 8.98. The van der Waals surface area contributed by atoms with E-state index in [0.29, 0.717) is 18.4 Å². The van der Waals surface area contributed by atoms with Crippen LogP contribution in [0.5, 0.6) is 0 Å². The lowest BCUT2D eigenvalue weighted by Gasteiger charge is -2.30. The van der Waals surface area contributed by atoms with E-state index in [-0.39, 0.29) is 0 Å². The third kappa shape index (κ3) is 6.12. The largest absolute Gasteiger partial charge is 0.367 e. The van der Waals surface area contributed by atoms with Crippen LogP contribution in [0.1, 0.15) is 16.7 Å². The second-order valence-electron chi connectivity index (χ2n) is 8.54. The van der Waals surface area contributed by atoms with Crippen LogP contribution in [0.25, 0.3) is 0 Å². The van der Waals surface area contributed by atoms with Crippen molar-refractivity contribution in [2.75, 3.05) is 24.5 Å². The summed E-state index contributed by atoms with van der Waals surface area (Å²) in [5, 5.41) is 7.12. The molecule has 1 fully saturated rings. The molecule has 0 aromatic heterocycles. The Morgan fingerprint density at radius 2 is 1.62 bits per heavy atom. The van der Waals surface area contributed by atoms with Gasteiger partial charge in [-0.3, -0.25) is 4.79 Å². The van der Waals surface area contributed by atoms with Gasteiger partial charge in [0.25, 0.3) is 0 Å². The number of nitrogens with zero attached hydrogens (tertiary/aromatic N) is 1. The molecular weight excluding hydrogens is 418 g/mol. The van der Waals surface area contributed by atoms with Crippen molar-refractivity contribution < 1.29 is 4.79 Å². The zero-order chi connectivity index (χ0) is 22.2. The van der Waals surface area contributed by atoms with Gasteiger partial charge in [0.2, 0.25) is 6.41 Å². The highest BCUT2D eigenvalue weighted by Crippen LogP contribution is 2.27. The molecule has 3 aromatic rings. The highest BCUT2D eigenvalue weighted by atomic mass is 35.5. The van der Waals surface area contributed by atoms with Crippen LogP contribution in [0.3, 0.4) is 0 Å². The Morgan fingerprint density at radius 3 is 2.41 bits per heavy atom. The first-order chi connectivity index (χ1) is 15.7. The molecule has 5 heteroatoms. The molecule has 2 N–H and O–H groups in total. The first-order valence-corrected chi connectivity index (χ1v) is 11.6. The summed E-state index contributed by atoms with van der Waals surface area (Å²) in [4.78, 5) is 13.1. The summed E-state index contributed by atoms with van der Waals surface area (Å²) in [6.45, 7) is 4.42. The van der Waals surface area contributed by atoms with Crippen molar-refractivity contribution in [3.05, 3.63) is 101 Å². The fourth-order valence-electron chi connectivity index (χ4n) is 4.57. The number of benzene rings is 3. The van der Waals surface area contributed by atoms with Gasteiger partial charge in [-0.15, -0.1) is 0 Å². The number of hydrogen-bond acceptors (Lipinski definition) is 3. The summed E-state index contributed by atoms with van der Waals surface area (Å²) in [6.07, 6.45) is 1.84.